The minimum atomic E-state index is -0.215. The minimum absolute atomic E-state index is 0.197. The van der Waals surface area contributed by atoms with Crippen molar-refractivity contribution in [2.24, 2.45) is 0 Å². The number of thioether (sulfide) groups is 1. The lowest BCUT2D eigenvalue weighted by Gasteiger charge is -2.29. The summed E-state index contributed by atoms with van der Waals surface area (Å²) in [5, 5.41) is -0.197. The van der Waals surface area contributed by atoms with Crippen LogP contribution in [-0.2, 0) is 4.79 Å². The zero-order chi connectivity index (χ0) is 16.5. The number of ether oxygens (including phenoxy) is 2. The normalized spacial score (nSPS) is 22.7. The summed E-state index contributed by atoms with van der Waals surface area (Å²) in [6, 6.07) is 5.49. The number of imide groups is 1. The number of carbonyl (C=O) groups is 2. The molecule has 0 aliphatic carbocycles. The number of amides is 2. The van der Waals surface area contributed by atoms with Gasteiger partial charge < -0.3 is 9.47 Å². The van der Waals surface area contributed by atoms with E-state index in [-0.39, 0.29) is 17.9 Å². The maximum Gasteiger partial charge on any atom is 0.294 e. The van der Waals surface area contributed by atoms with Gasteiger partial charge in [-0.2, -0.15) is 0 Å². The number of hydrogen-bond donors (Lipinski definition) is 0. The van der Waals surface area contributed by atoms with E-state index >= 15 is 0 Å². The largest absolute Gasteiger partial charge is 0.454 e. The highest BCUT2D eigenvalue weighted by atomic mass is 32.2. The van der Waals surface area contributed by atoms with Gasteiger partial charge >= 0.3 is 0 Å². The molecule has 0 spiro atoms. The van der Waals surface area contributed by atoms with Crippen LogP contribution in [0.25, 0.3) is 6.08 Å². The summed E-state index contributed by atoms with van der Waals surface area (Å²) in [7, 11) is 0. The SMILES string of the molecule is O=C1SC(=Cc2ccc3c(c2)OCO3)C(=O)N1CN1CCCCC1. The van der Waals surface area contributed by atoms with E-state index in [0.29, 0.717) is 23.1 Å². The summed E-state index contributed by atoms with van der Waals surface area (Å²) in [4.78, 5) is 28.7. The van der Waals surface area contributed by atoms with Crippen LogP contribution in [-0.4, -0.2) is 47.5 Å². The van der Waals surface area contributed by atoms with E-state index in [1.807, 2.05) is 18.2 Å². The summed E-state index contributed by atoms with van der Waals surface area (Å²) in [6.45, 7) is 2.50. The molecule has 7 heteroatoms. The molecule has 2 saturated heterocycles. The third-order valence-electron chi connectivity index (χ3n) is 4.36. The number of piperidine rings is 1. The quantitative estimate of drug-likeness (QED) is 0.785. The van der Waals surface area contributed by atoms with Crippen LogP contribution in [0.4, 0.5) is 4.79 Å². The highest BCUT2D eigenvalue weighted by Crippen LogP contribution is 2.36. The van der Waals surface area contributed by atoms with E-state index in [1.165, 1.54) is 11.3 Å². The maximum atomic E-state index is 12.6. The molecule has 1 aromatic carbocycles. The molecule has 126 valence electrons. The first-order valence-electron chi connectivity index (χ1n) is 8.08. The second-order valence-electron chi connectivity index (χ2n) is 6.04. The van der Waals surface area contributed by atoms with Crippen LogP contribution < -0.4 is 9.47 Å². The first-order chi connectivity index (χ1) is 11.7. The van der Waals surface area contributed by atoms with Gasteiger partial charge in [0.05, 0.1) is 11.6 Å². The van der Waals surface area contributed by atoms with E-state index in [4.69, 9.17) is 9.47 Å². The van der Waals surface area contributed by atoms with Crippen molar-refractivity contribution in [2.75, 3.05) is 26.6 Å². The topological polar surface area (TPSA) is 59.1 Å². The molecule has 0 radical (unpaired) electrons. The Hall–Kier alpha value is -1.99. The molecule has 3 aliphatic rings. The number of benzene rings is 1. The van der Waals surface area contributed by atoms with Crippen LogP contribution in [0.15, 0.2) is 23.1 Å². The molecule has 0 atom stereocenters. The van der Waals surface area contributed by atoms with Gasteiger partial charge in [-0.15, -0.1) is 0 Å². The lowest BCUT2D eigenvalue weighted by Crippen LogP contribution is -2.42. The fourth-order valence-electron chi connectivity index (χ4n) is 3.08. The summed E-state index contributed by atoms with van der Waals surface area (Å²) >= 11 is 0.998. The Balaban J connectivity index is 1.50. The number of likely N-dealkylation sites (tertiary alicyclic amines) is 1. The number of carbonyl (C=O) groups excluding carboxylic acids is 2. The van der Waals surface area contributed by atoms with E-state index in [0.717, 1.165) is 43.3 Å². The van der Waals surface area contributed by atoms with Crippen LogP contribution in [0.3, 0.4) is 0 Å². The molecule has 0 saturated carbocycles. The molecule has 2 fully saturated rings. The molecular weight excluding hydrogens is 328 g/mol. The number of fused-ring (bicyclic) bond motifs is 1. The van der Waals surface area contributed by atoms with Crippen molar-refractivity contribution >= 4 is 29.0 Å². The average Bonchev–Trinajstić information content (AvgIpc) is 3.16. The van der Waals surface area contributed by atoms with Gasteiger partial charge in [0.2, 0.25) is 6.79 Å². The number of nitrogens with zero attached hydrogens (tertiary/aromatic N) is 2. The lowest BCUT2D eigenvalue weighted by molar-refractivity contribution is -0.124. The molecule has 0 bridgehead atoms. The molecule has 0 unspecified atom stereocenters. The lowest BCUT2D eigenvalue weighted by atomic mass is 10.1. The highest BCUT2D eigenvalue weighted by Gasteiger charge is 2.36. The van der Waals surface area contributed by atoms with Crippen LogP contribution in [0.2, 0.25) is 0 Å². The standard InChI is InChI=1S/C17H18N2O4S/c20-16-15(9-12-4-5-13-14(8-12)23-11-22-13)24-17(21)19(16)10-18-6-2-1-3-7-18/h4-5,8-9H,1-3,6-7,10-11H2. The van der Waals surface area contributed by atoms with Crippen molar-refractivity contribution in [1.82, 2.24) is 9.80 Å². The smallest absolute Gasteiger partial charge is 0.294 e. The van der Waals surface area contributed by atoms with Crippen molar-refractivity contribution < 1.29 is 19.1 Å². The van der Waals surface area contributed by atoms with E-state index in [1.54, 1.807) is 6.08 Å². The Bertz CT molecular complexity index is 713. The predicted molar refractivity (Wildman–Crippen MR) is 90.7 cm³/mol. The third kappa shape index (κ3) is 3.01. The fraction of sp³-hybridized carbons (Fsp3) is 0.412. The van der Waals surface area contributed by atoms with Crippen molar-refractivity contribution in [3.63, 3.8) is 0 Å². The Morgan fingerprint density at radius 2 is 1.88 bits per heavy atom. The summed E-state index contributed by atoms with van der Waals surface area (Å²) in [5.74, 6) is 1.15. The predicted octanol–water partition coefficient (Wildman–Crippen LogP) is 2.90. The Kier molecular flexibility index (Phi) is 4.20. The van der Waals surface area contributed by atoms with Crippen LogP contribution in [0.1, 0.15) is 24.8 Å². The molecule has 0 N–H and O–H groups in total. The molecular formula is C17H18N2O4S. The zero-order valence-electron chi connectivity index (χ0n) is 13.2. The van der Waals surface area contributed by atoms with Crippen LogP contribution in [0.5, 0.6) is 11.5 Å². The Labute approximate surface area is 144 Å². The summed E-state index contributed by atoms with van der Waals surface area (Å²) in [5.41, 5.74) is 0.822. The Morgan fingerprint density at radius 3 is 2.71 bits per heavy atom. The van der Waals surface area contributed by atoms with E-state index in [2.05, 4.69) is 4.90 Å². The molecule has 3 heterocycles. The molecule has 2 amide bonds. The maximum absolute atomic E-state index is 12.6. The number of rotatable bonds is 3. The van der Waals surface area contributed by atoms with Crippen molar-refractivity contribution in [2.45, 2.75) is 19.3 Å². The molecule has 4 rings (SSSR count). The molecule has 6 nitrogen and oxygen atoms in total. The second-order valence-corrected chi connectivity index (χ2v) is 7.04. The summed E-state index contributed by atoms with van der Waals surface area (Å²) < 4.78 is 10.6. The first-order valence-corrected chi connectivity index (χ1v) is 8.90. The van der Waals surface area contributed by atoms with Crippen molar-refractivity contribution in [3.8, 4) is 11.5 Å². The zero-order valence-corrected chi connectivity index (χ0v) is 14.0. The Morgan fingerprint density at radius 1 is 1.08 bits per heavy atom. The van der Waals surface area contributed by atoms with Crippen LogP contribution >= 0.6 is 11.8 Å². The minimum Gasteiger partial charge on any atom is -0.454 e. The fourth-order valence-corrected chi connectivity index (χ4v) is 3.91. The van der Waals surface area contributed by atoms with E-state index < -0.39 is 0 Å². The molecule has 24 heavy (non-hydrogen) atoms. The van der Waals surface area contributed by atoms with Crippen LogP contribution in [0, 0.1) is 0 Å². The van der Waals surface area contributed by atoms with Gasteiger partial charge in [-0.1, -0.05) is 12.5 Å². The van der Waals surface area contributed by atoms with Gasteiger partial charge in [0.15, 0.2) is 11.5 Å². The van der Waals surface area contributed by atoms with Gasteiger partial charge in [-0.25, -0.2) is 0 Å². The number of hydrogen-bond acceptors (Lipinski definition) is 6. The van der Waals surface area contributed by atoms with Crippen molar-refractivity contribution in [1.29, 1.82) is 0 Å². The van der Waals surface area contributed by atoms with Gasteiger partial charge in [0.25, 0.3) is 11.1 Å². The van der Waals surface area contributed by atoms with Gasteiger partial charge in [0.1, 0.15) is 0 Å². The highest BCUT2D eigenvalue weighted by molar-refractivity contribution is 8.18. The van der Waals surface area contributed by atoms with Gasteiger partial charge in [-0.3, -0.25) is 19.4 Å². The average molecular weight is 346 g/mol. The monoisotopic (exact) mass is 346 g/mol. The first kappa shape index (κ1) is 15.5. The van der Waals surface area contributed by atoms with E-state index in [9.17, 15) is 9.59 Å². The van der Waals surface area contributed by atoms with Crippen molar-refractivity contribution in [3.05, 3.63) is 28.7 Å². The van der Waals surface area contributed by atoms with Gasteiger partial charge in [0, 0.05) is 0 Å². The molecule has 1 aromatic rings. The molecule has 0 aromatic heterocycles. The molecule has 3 aliphatic heterocycles. The second kappa shape index (κ2) is 6.49. The van der Waals surface area contributed by atoms with Gasteiger partial charge in [-0.05, 0) is 61.5 Å². The summed E-state index contributed by atoms with van der Waals surface area (Å²) in [6.07, 6.45) is 5.22. The third-order valence-corrected chi connectivity index (χ3v) is 5.27.